The fourth-order valence-corrected chi connectivity index (χ4v) is 5.50. The molecule has 0 amide bonds. The molecule has 188 valence electrons. The van der Waals surface area contributed by atoms with Crippen LogP contribution in [0.4, 0.5) is 0 Å². The van der Waals surface area contributed by atoms with Crippen molar-refractivity contribution in [2.75, 3.05) is 0 Å². The number of nitrogens with one attached hydrogen (secondary N) is 2. The van der Waals surface area contributed by atoms with Gasteiger partial charge in [0.2, 0.25) is 0 Å². The third-order valence-electron chi connectivity index (χ3n) is 7.49. The van der Waals surface area contributed by atoms with Crippen molar-refractivity contribution in [3.8, 4) is 0 Å². The second kappa shape index (κ2) is 10.7. The van der Waals surface area contributed by atoms with Gasteiger partial charge in [-0.1, -0.05) is 42.5 Å². The van der Waals surface area contributed by atoms with Crippen LogP contribution in [0, 0.1) is 0 Å². The van der Waals surface area contributed by atoms with Crippen molar-refractivity contribution in [3.63, 3.8) is 0 Å². The number of aromatic nitrogens is 4. The molecule has 1 aliphatic carbocycles. The van der Waals surface area contributed by atoms with Crippen molar-refractivity contribution in [1.82, 2.24) is 29.7 Å². The van der Waals surface area contributed by atoms with Crippen molar-refractivity contribution >= 4 is 11.0 Å². The second-order valence-corrected chi connectivity index (χ2v) is 10.1. The first-order valence-electron chi connectivity index (χ1n) is 13.2. The summed E-state index contributed by atoms with van der Waals surface area (Å²) in [7, 11) is 2.09. The highest BCUT2D eigenvalue weighted by Crippen LogP contribution is 2.34. The van der Waals surface area contributed by atoms with Crippen LogP contribution in [0.3, 0.4) is 0 Å². The maximum absolute atomic E-state index is 4.89. The number of hydrogen-bond donors (Lipinski definition) is 2. The summed E-state index contributed by atoms with van der Waals surface area (Å²) in [5, 5.41) is 3.56. The highest BCUT2D eigenvalue weighted by atomic mass is 15.2. The average molecular weight is 491 g/mol. The topological polar surface area (TPSA) is 61.8 Å². The number of imidazole rings is 1. The lowest BCUT2D eigenvalue weighted by atomic mass is 9.90. The Kier molecular flexibility index (Phi) is 6.84. The van der Waals surface area contributed by atoms with Crippen molar-refractivity contribution in [1.29, 1.82) is 0 Å². The van der Waals surface area contributed by atoms with E-state index in [0.29, 0.717) is 0 Å². The Labute approximate surface area is 218 Å². The van der Waals surface area contributed by atoms with E-state index in [-0.39, 0.29) is 6.04 Å². The maximum atomic E-state index is 4.89. The van der Waals surface area contributed by atoms with E-state index in [9.17, 15) is 0 Å². The smallest absolute Gasteiger partial charge is 0.121 e. The molecule has 6 nitrogen and oxygen atoms in total. The lowest BCUT2D eigenvalue weighted by Gasteiger charge is -2.34. The number of aromatic amines is 1. The zero-order valence-corrected chi connectivity index (χ0v) is 21.4. The molecule has 1 atom stereocenters. The lowest BCUT2D eigenvalue weighted by Crippen LogP contribution is -2.31. The number of hydrogen-bond acceptors (Lipinski definition) is 4. The van der Waals surface area contributed by atoms with Crippen molar-refractivity contribution in [2.45, 2.75) is 51.5 Å². The lowest BCUT2D eigenvalue weighted by molar-refractivity contribution is 0.153. The van der Waals surface area contributed by atoms with Gasteiger partial charge in [-0.25, -0.2) is 4.98 Å². The molecular formula is C31H34N6. The van der Waals surface area contributed by atoms with Gasteiger partial charge in [0.15, 0.2) is 0 Å². The van der Waals surface area contributed by atoms with Gasteiger partial charge in [-0.3, -0.25) is 9.88 Å². The molecule has 6 heteroatoms. The van der Waals surface area contributed by atoms with Crippen LogP contribution in [0.15, 0.2) is 85.2 Å². The van der Waals surface area contributed by atoms with Gasteiger partial charge in [-0.2, -0.15) is 0 Å². The molecule has 0 radical (unpaired) electrons. The molecule has 1 aliphatic rings. The molecule has 3 aromatic heterocycles. The van der Waals surface area contributed by atoms with Gasteiger partial charge in [0.25, 0.3) is 0 Å². The first-order chi connectivity index (χ1) is 18.2. The normalized spacial score (nSPS) is 15.4. The van der Waals surface area contributed by atoms with Gasteiger partial charge in [0.1, 0.15) is 5.82 Å². The average Bonchev–Trinajstić information content (AvgIpc) is 3.54. The first-order valence-corrected chi connectivity index (χ1v) is 13.2. The maximum Gasteiger partial charge on any atom is 0.121 e. The van der Waals surface area contributed by atoms with Crippen molar-refractivity contribution in [2.24, 2.45) is 7.05 Å². The Morgan fingerprint density at radius 3 is 2.65 bits per heavy atom. The predicted octanol–water partition coefficient (Wildman–Crippen LogP) is 5.67. The molecule has 0 saturated carbocycles. The Hall–Kier alpha value is -3.74. The quantitative estimate of drug-likeness (QED) is 0.280. The largest absolute Gasteiger partial charge is 0.353 e. The van der Waals surface area contributed by atoms with Gasteiger partial charge in [0.05, 0.1) is 29.3 Å². The Morgan fingerprint density at radius 2 is 1.81 bits per heavy atom. The third kappa shape index (κ3) is 5.36. The zero-order valence-electron chi connectivity index (χ0n) is 21.4. The fourth-order valence-electron chi connectivity index (χ4n) is 5.50. The standard InChI is InChI=1S/C31H34N6/c1-36-18-6-9-26(36)20-32-19-23-13-15-24(16-14-23)21-37(22-30-34-27-10-2-3-11-28(27)35-30)29-12-4-7-25-8-5-17-33-31(25)29/h2-3,5-6,8-11,13-18,29,32H,4,7,12,19-22H2,1H3,(H,34,35). The van der Waals surface area contributed by atoms with Gasteiger partial charge in [-0.05, 0) is 66.3 Å². The van der Waals surface area contributed by atoms with Crippen LogP contribution in [0.25, 0.3) is 11.0 Å². The molecule has 0 spiro atoms. The summed E-state index contributed by atoms with van der Waals surface area (Å²) in [6.07, 6.45) is 7.44. The minimum atomic E-state index is 0.282. The molecule has 2 N–H and O–H groups in total. The van der Waals surface area contributed by atoms with E-state index in [2.05, 4.69) is 99.7 Å². The fraction of sp³-hybridized carbons (Fsp3) is 0.290. The molecule has 1 unspecified atom stereocenters. The molecule has 0 aliphatic heterocycles. The summed E-state index contributed by atoms with van der Waals surface area (Å²) in [6.45, 7) is 3.34. The highest BCUT2D eigenvalue weighted by Gasteiger charge is 2.28. The molecule has 3 heterocycles. The minimum Gasteiger partial charge on any atom is -0.353 e. The predicted molar refractivity (Wildman–Crippen MR) is 148 cm³/mol. The summed E-state index contributed by atoms with van der Waals surface area (Å²) in [5.41, 5.74) is 8.62. The number of nitrogens with zero attached hydrogens (tertiary/aromatic N) is 4. The Bertz CT molecular complexity index is 1430. The molecular weight excluding hydrogens is 456 g/mol. The number of rotatable bonds is 9. The number of H-pyrrole nitrogens is 1. The molecule has 5 aromatic rings. The van der Waals surface area contributed by atoms with Crippen LogP contribution in [0.1, 0.15) is 52.8 Å². The summed E-state index contributed by atoms with van der Waals surface area (Å²) in [4.78, 5) is 15.8. The molecule has 0 saturated heterocycles. The summed E-state index contributed by atoms with van der Waals surface area (Å²) >= 11 is 0. The first kappa shape index (κ1) is 23.6. The number of para-hydroxylation sites is 2. The van der Waals surface area contributed by atoms with E-state index in [4.69, 9.17) is 9.97 Å². The Balaban J connectivity index is 1.20. The number of benzene rings is 2. The van der Waals surface area contributed by atoms with Crippen LogP contribution in [-0.4, -0.2) is 24.4 Å². The third-order valence-corrected chi connectivity index (χ3v) is 7.49. The van der Waals surface area contributed by atoms with E-state index in [1.807, 2.05) is 12.3 Å². The molecule has 0 bridgehead atoms. The summed E-state index contributed by atoms with van der Waals surface area (Å²) in [5.74, 6) is 1.01. The Morgan fingerprint density at radius 1 is 0.946 bits per heavy atom. The highest BCUT2D eigenvalue weighted by molar-refractivity contribution is 5.74. The number of aryl methyl sites for hydroxylation is 2. The SMILES string of the molecule is Cn1cccc1CNCc1ccc(CN(Cc2nc3ccccc3[nH]2)C2CCCc3cccnc32)cc1. The van der Waals surface area contributed by atoms with E-state index in [1.54, 1.807) is 0 Å². The molecule has 6 rings (SSSR count). The summed E-state index contributed by atoms with van der Waals surface area (Å²) < 4.78 is 2.16. The van der Waals surface area contributed by atoms with Crippen LogP contribution in [-0.2, 0) is 39.6 Å². The van der Waals surface area contributed by atoms with Crippen LogP contribution in [0.5, 0.6) is 0 Å². The van der Waals surface area contributed by atoms with E-state index < -0.39 is 0 Å². The zero-order chi connectivity index (χ0) is 25.0. The van der Waals surface area contributed by atoms with Crippen molar-refractivity contribution < 1.29 is 0 Å². The monoisotopic (exact) mass is 490 g/mol. The van der Waals surface area contributed by atoms with Crippen LogP contribution < -0.4 is 5.32 Å². The minimum absolute atomic E-state index is 0.282. The second-order valence-electron chi connectivity index (χ2n) is 10.1. The molecule has 37 heavy (non-hydrogen) atoms. The van der Waals surface area contributed by atoms with Gasteiger partial charge in [-0.15, -0.1) is 0 Å². The van der Waals surface area contributed by atoms with Crippen molar-refractivity contribution in [3.05, 3.63) is 119 Å². The van der Waals surface area contributed by atoms with E-state index in [0.717, 1.165) is 55.9 Å². The van der Waals surface area contributed by atoms with Gasteiger partial charge < -0.3 is 14.9 Å². The van der Waals surface area contributed by atoms with Gasteiger partial charge >= 0.3 is 0 Å². The van der Waals surface area contributed by atoms with Crippen LogP contribution in [0.2, 0.25) is 0 Å². The molecule has 0 fully saturated rings. The number of fused-ring (bicyclic) bond motifs is 2. The van der Waals surface area contributed by atoms with E-state index in [1.165, 1.54) is 34.5 Å². The van der Waals surface area contributed by atoms with E-state index >= 15 is 0 Å². The number of pyridine rings is 1. The van der Waals surface area contributed by atoms with Gasteiger partial charge in [0, 0.05) is 44.8 Å². The van der Waals surface area contributed by atoms with Crippen LogP contribution >= 0.6 is 0 Å². The molecule has 2 aromatic carbocycles. The summed E-state index contributed by atoms with van der Waals surface area (Å²) in [6, 6.07) is 26.1.